The van der Waals surface area contributed by atoms with Crippen molar-refractivity contribution in [3.05, 3.63) is 62.1 Å². The highest BCUT2D eigenvalue weighted by Gasteiger charge is 2.31. The molecule has 26 heavy (non-hydrogen) atoms. The molecule has 0 radical (unpaired) electrons. The lowest BCUT2D eigenvalue weighted by Crippen LogP contribution is -2.36. The summed E-state index contributed by atoms with van der Waals surface area (Å²) < 4.78 is 27.1. The molecule has 0 fully saturated rings. The molecule has 3 rings (SSSR count). The molecule has 0 unspecified atom stereocenters. The van der Waals surface area contributed by atoms with Crippen LogP contribution in [0, 0.1) is 5.92 Å². The largest absolute Gasteiger partial charge is 0.280 e. The average Bonchev–Trinajstić information content (AvgIpc) is 2.58. The molecule has 0 saturated carbocycles. The Balaban J connectivity index is 2.06. The third-order valence-electron chi connectivity index (χ3n) is 3.94. The van der Waals surface area contributed by atoms with Crippen LogP contribution in [0.1, 0.15) is 18.9 Å². The predicted octanol–water partition coefficient (Wildman–Crippen LogP) is 5.74. The summed E-state index contributed by atoms with van der Waals surface area (Å²) in [7, 11) is -3.94. The molecular weight excluding hydrogens is 438 g/mol. The second kappa shape index (κ2) is 7.56. The molecule has 1 aliphatic heterocycles. The molecule has 0 aliphatic carbocycles. The first-order chi connectivity index (χ1) is 12.2. The molecule has 138 valence electrons. The second-order valence-corrected chi connectivity index (χ2v) is 9.54. The van der Waals surface area contributed by atoms with Crippen LogP contribution in [0.4, 0.5) is 0 Å². The molecule has 0 N–H and O–H groups in total. The van der Waals surface area contributed by atoms with Crippen molar-refractivity contribution in [2.24, 2.45) is 11.0 Å². The number of sulfonamides is 1. The van der Waals surface area contributed by atoms with E-state index in [1.54, 1.807) is 18.2 Å². The molecule has 2 aromatic carbocycles. The number of hydrogen-bond donors (Lipinski definition) is 0. The summed E-state index contributed by atoms with van der Waals surface area (Å²) in [5.74, 6) is 0.0599. The van der Waals surface area contributed by atoms with Gasteiger partial charge in [0.05, 0.1) is 27.3 Å². The fourth-order valence-electron chi connectivity index (χ4n) is 2.67. The van der Waals surface area contributed by atoms with E-state index in [1.807, 2.05) is 6.92 Å². The van der Waals surface area contributed by atoms with Crippen LogP contribution in [0.2, 0.25) is 20.1 Å². The zero-order valence-electron chi connectivity index (χ0n) is 13.6. The third-order valence-corrected chi connectivity index (χ3v) is 7.04. The highest BCUT2D eigenvalue weighted by molar-refractivity contribution is 7.89. The summed E-state index contributed by atoms with van der Waals surface area (Å²) in [4.78, 5) is -0.0713. The maximum atomic E-state index is 13.0. The summed E-state index contributed by atoms with van der Waals surface area (Å²) in [6, 6.07) is 9.42. The summed E-state index contributed by atoms with van der Waals surface area (Å²) in [6.07, 6.45) is 0.618. The van der Waals surface area contributed by atoms with E-state index in [0.29, 0.717) is 22.2 Å². The number of nitrogens with zero attached hydrogens (tertiary/aromatic N) is 2. The fraction of sp³-hybridized carbons (Fsp3) is 0.235. The molecule has 1 aliphatic rings. The van der Waals surface area contributed by atoms with Crippen molar-refractivity contribution in [3.8, 4) is 0 Å². The highest BCUT2D eigenvalue weighted by Crippen LogP contribution is 2.31. The van der Waals surface area contributed by atoms with Gasteiger partial charge in [0.25, 0.3) is 10.0 Å². The Kier molecular flexibility index (Phi) is 5.75. The van der Waals surface area contributed by atoms with Crippen LogP contribution in [0.3, 0.4) is 0 Å². The Hall–Kier alpha value is -0.980. The van der Waals surface area contributed by atoms with E-state index in [4.69, 9.17) is 46.4 Å². The van der Waals surface area contributed by atoms with Crippen LogP contribution in [0.25, 0.3) is 0 Å². The van der Waals surface area contributed by atoms with E-state index in [2.05, 4.69) is 5.10 Å². The van der Waals surface area contributed by atoms with Gasteiger partial charge in [0.15, 0.2) is 0 Å². The van der Waals surface area contributed by atoms with Gasteiger partial charge in [0.1, 0.15) is 4.90 Å². The molecule has 9 heteroatoms. The van der Waals surface area contributed by atoms with Gasteiger partial charge >= 0.3 is 0 Å². The first kappa shape index (κ1) is 19.8. The molecule has 1 atom stereocenters. The van der Waals surface area contributed by atoms with E-state index in [-0.39, 0.29) is 27.4 Å². The van der Waals surface area contributed by atoms with E-state index in [0.717, 1.165) is 9.98 Å². The van der Waals surface area contributed by atoms with Crippen molar-refractivity contribution in [2.45, 2.75) is 18.2 Å². The molecule has 2 aromatic rings. The van der Waals surface area contributed by atoms with Crippen molar-refractivity contribution in [1.82, 2.24) is 4.41 Å². The lowest BCUT2D eigenvalue weighted by molar-refractivity contribution is 0.353. The number of rotatable bonds is 3. The second-order valence-electron chi connectivity index (χ2n) is 6.07. The first-order valence-electron chi connectivity index (χ1n) is 7.69. The predicted molar refractivity (Wildman–Crippen MR) is 107 cm³/mol. The van der Waals surface area contributed by atoms with Gasteiger partial charge in [-0.1, -0.05) is 59.4 Å². The normalized spacial score (nSPS) is 18.0. The van der Waals surface area contributed by atoms with Gasteiger partial charge in [-0.2, -0.15) is 17.9 Å². The van der Waals surface area contributed by atoms with E-state index in [1.165, 1.54) is 18.2 Å². The van der Waals surface area contributed by atoms with Crippen LogP contribution in [0.5, 0.6) is 0 Å². The monoisotopic (exact) mass is 450 g/mol. The maximum absolute atomic E-state index is 13.0. The minimum atomic E-state index is -3.94. The van der Waals surface area contributed by atoms with Crippen molar-refractivity contribution >= 4 is 62.1 Å². The Morgan fingerprint density at radius 3 is 2.38 bits per heavy atom. The van der Waals surface area contributed by atoms with Crippen LogP contribution < -0.4 is 0 Å². The molecule has 0 amide bonds. The molecule has 0 bridgehead atoms. The summed E-state index contributed by atoms with van der Waals surface area (Å²) in [5, 5.41) is 5.54. The Morgan fingerprint density at radius 1 is 1.00 bits per heavy atom. The molecular formula is C17H14Cl4N2O2S. The lowest BCUT2D eigenvalue weighted by Gasteiger charge is -2.29. The maximum Gasteiger partial charge on any atom is 0.280 e. The minimum absolute atomic E-state index is 0.0599. The fourth-order valence-corrected chi connectivity index (χ4v) is 5.09. The Labute approximate surface area is 172 Å². The minimum Gasteiger partial charge on any atom is -0.200 e. The summed E-state index contributed by atoms with van der Waals surface area (Å²) in [5.41, 5.74) is 1.34. The van der Waals surface area contributed by atoms with Gasteiger partial charge in [0, 0.05) is 5.02 Å². The van der Waals surface area contributed by atoms with Gasteiger partial charge in [-0.05, 0) is 48.2 Å². The van der Waals surface area contributed by atoms with Crippen molar-refractivity contribution in [3.63, 3.8) is 0 Å². The first-order valence-corrected chi connectivity index (χ1v) is 10.6. The SMILES string of the molecule is C[C@@H]1CC(c2ccc(Cl)c(Cl)c2)=NN(S(=O)(=O)c2cc(Cl)ccc2Cl)C1. The summed E-state index contributed by atoms with van der Waals surface area (Å²) in [6.45, 7) is 2.20. The van der Waals surface area contributed by atoms with Gasteiger partial charge in [0.2, 0.25) is 0 Å². The quantitative estimate of drug-likeness (QED) is 0.597. The molecule has 0 saturated heterocycles. The Morgan fingerprint density at radius 2 is 1.69 bits per heavy atom. The van der Waals surface area contributed by atoms with Crippen molar-refractivity contribution < 1.29 is 8.42 Å². The summed E-state index contributed by atoms with van der Waals surface area (Å²) >= 11 is 24.1. The topological polar surface area (TPSA) is 49.7 Å². The van der Waals surface area contributed by atoms with Gasteiger partial charge in [-0.15, -0.1) is 0 Å². The highest BCUT2D eigenvalue weighted by atomic mass is 35.5. The van der Waals surface area contributed by atoms with Gasteiger partial charge in [-0.25, -0.2) is 0 Å². The molecule has 1 heterocycles. The molecule has 4 nitrogen and oxygen atoms in total. The lowest BCUT2D eigenvalue weighted by atomic mass is 9.98. The van der Waals surface area contributed by atoms with Crippen molar-refractivity contribution in [1.29, 1.82) is 0 Å². The number of hydrogen-bond acceptors (Lipinski definition) is 3. The van der Waals surface area contributed by atoms with E-state index < -0.39 is 10.0 Å². The standard InChI is InChI=1S/C17H14Cl4N2O2S/c1-10-6-16(11-2-4-13(19)15(21)7-11)22-23(9-10)26(24,25)17-8-12(18)3-5-14(17)20/h2-5,7-8,10H,6,9H2,1H3/t10-/m1/s1. The number of benzene rings is 2. The van der Waals surface area contributed by atoms with Crippen LogP contribution >= 0.6 is 46.4 Å². The van der Waals surface area contributed by atoms with E-state index in [9.17, 15) is 8.42 Å². The zero-order chi connectivity index (χ0) is 19.1. The molecule has 0 aromatic heterocycles. The third kappa shape index (κ3) is 3.97. The van der Waals surface area contributed by atoms with Crippen molar-refractivity contribution in [2.75, 3.05) is 6.54 Å². The van der Waals surface area contributed by atoms with Gasteiger partial charge in [-0.3, -0.25) is 0 Å². The smallest absolute Gasteiger partial charge is 0.200 e. The van der Waals surface area contributed by atoms with Crippen LogP contribution in [-0.2, 0) is 10.0 Å². The number of hydrazone groups is 1. The molecule has 0 spiro atoms. The van der Waals surface area contributed by atoms with Gasteiger partial charge < -0.3 is 0 Å². The van der Waals surface area contributed by atoms with E-state index >= 15 is 0 Å². The van der Waals surface area contributed by atoms with Crippen LogP contribution in [-0.4, -0.2) is 25.1 Å². The Bertz CT molecular complexity index is 992. The number of halogens is 4. The average molecular weight is 452 g/mol. The van der Waals surface area contributed by atoms with Crippen LogP contribution in [0.15, 0.2) is 46.4 Å². The zero-order valence-corrected chi connectivity index (χ0v) is 17.4.